The summed E-state index contributed by atoms with van der Waals surface area (Å²) in [6.45, 7) is 7.66. The first-order chi connectivity index (χ1) is 23.1. The van der Waals surface area contributed by atoms with Crippen molar-refractivity contribution in [3.05, 3.63) is 106 Å². The minimum atomic E-state index is 0.246. The van der Waals surface area contributed by atoms with Crippen LogP contribution in [0, 0.1) is 13.8 Å². The van der Waals surface area contributed by atoms with Gasteiger partial charge in [-0.1, -0.05) is 72.8 Å². The van der Waals surface area contributed by atoms with Crippen LogP contribution in [-0.2, 0) is 44.6 Å². The number of hydrogen-bond donors (Lipinski definition) is 0. The minimum Gasteiger partial charge on any atom is -0.455 e. The summed E-state index contributed by atoms with van der Waals surface area (Å²) < 4.78 is 30.7. The summed E-state index contributed by atoms with van der Waals surface area (Å²) in [5, 5.41) is 10.2. The molecule has 5 nitrogen and oxygen atoms in total. The first kappa shape index (κ1) is 28.1. The summed E-state index contributed by atoms with van der Waals surface area (Å²) in [5.41, 5.74) is 7.60. The van der Waals surface area contributed by atoms with Gasteiger partial charge < -0.3 is 23.7 Å². The fourth-order valence-corrected chi connectivity index (χ4v) is 7.94. The molecular formula is C42H38O5. The van der Waals surface area contributed by atoms with Gasteiger partial charge in [0.1, 0.15) is 11.5 Å². The van der Waals surface area contributed by atoms with Gasteiger partial charge in [-0.15, -0.1) is 0 Å². The zero-order chi connectivity index (χ0) is 31.2. The van der Waals surface area contributed by atoms with Gasteiger partial charge in [-0.25, -0.2) is 0 Å². The van der Waals surface area contributed by atoms with E-state index in [2.05, 4.69) is 86.6 Å². The zero-order valence-corrected chi connectivity index (χ0v) is 26.9. The van der Waals surface area contributed by atoms with Crippen molar-refractivity contribution in [2.45, 2.75) is 63.9 Å². The second kappa shape index (κ2) is 10.8. The number of rotatable bonds is 10. The van der Waals surface area contributed by atoms with Crippen LogP contribution in [0.5, 0.6) is 11.5 Å². The maximum Gasteiger partial charge on any atom is 0.138 e. The number of ether oxygens (including phenoxy) is 5. The maximum absolute atomic E-state index is 7.46. The van der Waals surface area contributed by atoms with Crippen LogP contribution in [0.4, 0.5) is 0 Å². The normalized spacial score (nSPS) is 22.8. The van der Waals surface area contributed by atoms with Crippen LogP contribution >= 0.6 is 0 Å². The summed E-state index contributed by atoms with van der Waals surface area (Å²) in [4.78, 5) is 0. The molecule has 0 aromatic heterocycles. The van der Waals surface area contributed by atoms with Crippen molar-refractivity contribution in [3.63, 3.8) is 0 Å². The molecule has 0 saturated carbocycles. The van der Waals surface area contributed by atoms with Crippen molar-refractivity contribution in [1.82, 2.24) is 0 Å². The van der Waals surface area contributed by atoms with Crippen LogP contribution in [0.2, 0.25) is 0 Å². The molecule has 4 atom stereocenters. The summed E-state index contributed by atoms with van der Waals surface area (Å²) in [6.07, 6.45) is 4.58. The highest BCUT2D eigenvalue weighted by atomic mass is 16.6. The van der Waals surface area contributed by atoms with E-state index < -0.39 is 0 Å². The van der Waals surface area contributed by atoms with Crippen molar-refractivity contribution < 1.29 is 23.7 Å². The molecule has 0 spiro atoms. The van der Waals surface area contributed by atoms with Crippen LogP contribution in [-0.4, -0.2) is 50.8 Å². The Labute approximate surface area is 274 Å². The van der Waals surface area contributed by atoms with E-state index in [1.807, 2.05) is 0 Å². The van der Waals surface area contributed by atoms with Crippen molar-refractivity contribution in [2.75, 3.05) is 26.4 Å². The number of aryl methyl sites for hydroxylation is 2. The smallest absolute Gasteiger partial charge is 0.138 e. The molecule has 4 fully saturated rings. The summed E-state index contributed by atoms with van der Waals surface area (Å²) in [7, 11) is 0. The molecule has 4 aliphatic rings. The van der Waals surface area contributed by atoms with Crippen LogP contribution < -0.4 is 4.74 Å². The second-order valence-corrected chi connectivity index (χ2v) is 14.0. The largest absolute Gasteiger partial charge is 0.455 e. The van der Waals surface area contributed by atoms with Gasteiger partial charge in [0, 0.05) is 36.5 Å². The molecule has 47 heavy (non-hydrogen) atoms. The molecule has 0 amide bonds. The van der Waals surface area contributed by atoms with Crippen molar-refractivity contribution in [2.24, 2.45) is 0 Å². The van der Waals surface area contributed by atoms with Crippen molar-refractivity contribution in [1.29, 1.82) is 0 Å². The lowest BCUT2D eigenvalue weighted by Gasteiger charge is -2.23. The maximum atomic E-state index is 7.46. The molecule has 5 heteroatoms. The molecular weight excluding hydrogens is 584 g/mol. The van der Waals surface area contributed by atoms with E-state index in [9.17, 15) is 0 Å². The average Bonchev–Trinajstić information content (AvgIpc) is 3.90. The Kier molecular flexibility index (Phi) is 6.42. The molecule has 6 aromatic carbocycles. The Hall–Kier alpha value is -4.00. The van der Waals surface area contributed by atoms with Crippen molar-refractivity contribution in [3.8, 4) is 11.5 Å². The number of epoxide rings is 4. The highest BCUT2D eigenvalue weighted by Gasteiger charge is 2.32. The predicted molar refractivity (Wildman–Crippen MR) is 186 cm³/mol. The molecule has 0 N–H and O–H groups in total. The van der Waals surface area contributed by atoms with Gasteiger partial charge in [-0.05, 0) is 79.5 Å². The summed E-state index contributed by atoms with van der Waals surface area (Å²) >= 11 is 0. The molecule has 0 bridgehead atoms. The van der Waals surface area contributed by atoms with E-state index >= 15 is 0 Å². The lowest BCUT2D eigenvalue weighted by Crippen LogP contribution is -2.06. The molecule has 4 aliphatic heterocycles. The molecule has 0 aliphatic carbocycles. The Balaban J connectivity index is 1.26. The van der Waals surface area contributed by atoms with Gasteiger partial charge in [-0.2, -0.15) is 0 Å². The van der Waals surface area contributed by atoms with E-state index in [1.165, 1.54) is 65.3 Å². The van der Waals surface area contributed by atoms with Crippen LogP contribution in [0.15, 0.2) is 72.8 Å². The van der Waals surface area contributed by atoms with Crippen LogP contribution in [0.3, 0.4) is 0 Å². The van der Waals surface area contributed by atoms with E-state index in [4.69, 9.17) is 23.7 Å². The molecule has 4 saturated heterocycles. The SMILES string of the molecule is Cc1ccc2c(CC3CO3)c3ccccc3c(CC3CO3)c2c1Oc1c(C)ccc2c(CC3CO3)c3ccccc3c(CC3CO3)c12. The Morgan fingerprint density at radius 2 is 0.766 bits per heavy atom. The van der Waals surface area contributed by atoms with E-state index in [0.29, 0.717) is 0 Å². The fraction of sp³-hybridized carbons (Fsp3) is 0.333. The van der Waals surface area contributed by atoms with Crippen LogP contribution in [0.25, 0.3) is 43.1 Å². The molecule has 236 valence electrons. The van der Waals surface area contributed by atoms with Gasteiger partial charge in [0.15, 0.2) is 0 Å². The Morgan fingerprint density at radius 3 is 1.11 bits per heavy atom. The Bertz CT molecular complexity index is 2080. The van der Waals surface area contributed by atoms with E-state index in [-0.39, 0.29) is 24.4 Å². The second-order valence-electron chi connectivity index (χ2n) is 14.0. The summed E-state index contributed by atoms with van der Waals surface area (Å²) in [5.74, 6) is 1.90. The first-order valence-corrected chi connectivity index (χ1v) is 17.2. The van der Waals surface area contributed by atoms with Gasteiger partial charge in [0.2, 0.25) is 0 Å². The Morgan fingerprint density at radius 1 is 0.447 bits per heavy atom. The van der Waals surface area contributed by atoms with Gasteiger partial charge in [0.25, 0.3) is 0 Å². The van der Waals surface area contributed by atoms with Crippen LogP contribution in [0.1, 0.15) is 33.4 Å². The first-order valence-electron chi connectivity index (χ1n) is 17.2. The highest BCUT2D eigenvalue weighted by Crippen LogP contribution is 2.48. The molecule has 4 unspecified atom stereocenters. The molecule has 0 radical (unpaired) electrons. The van der Waals surface area contributed by atoms with Crippen molar-refractivity contribution >= 4 is 43.1 Å². The lowest BCUT2D eigenvalue weighted by atomic mass is 9.86. The van der Waals surface area contributed by atoms with Gasteiger partial charge >= 0.3 is 0 Å². The standard InChI is InChI=1S/C42H38O5/c1-23-11-13-33-35(15-25-19-43-25)29-7-3-5-9-31(29)37(17-27-21-45-27)39(33)41(23)47-42-24(2)12-14-34-36(16-26-20-44-26)30-8-4-6-10-32(30)38(40(34)42)18-28-22-46-28/h3-14,25-28H,15-22H2,1-2H3. The molecule has 4 heterocycles. The third-order valence-corrected chi connectivity index (χ3v) is 10.7. The monoisotopic (exact) mass is 622 g/mol. The number of fused-ring (bicyclic) bond motifs is 4. The third-order valence-electron chi connectivity index (χ3n) is 10.7. The van der Waals surface area contributed by atoms with E-state index in [1.54, 1.807) is 0 Å². The number of benzene rings is 6. The third kappa shape index (κ3) is 4.99. The predicted octanol–water partition coefficient (Wildman–Crippen LogP) is 8.47. The topological polar surface area (TPSA) is 59.4 Å². The minimum absolute atomic E-state index is 0.246. The average molecular weight is 623 g/mol. The summed E-state index contributed by atoms with van der Waals surface area (Å²) in [6, 6.07) is 26.9. The van der Waals surface area contributed by atoms with E-state index in [0.717, 1.165) is 74.7 Å². The quantitative estimate of drug-likeness (QED) is 0.113. The fourth-order valence-electron chi connectivity index (χ4n) is 7.94. The zero-order valence-electron chi connectivity index (χ0n) is 26.9. The number of hydrogen-bond acceptors (Lipinski definition) is 5. The lowest BCUT2D eigenvalue weighted by molar-refractivity contribution is 0.407. The van der Waals surface area contributed by atoms with Gasteiger partial charge in [0.05, 0.1) is 50.8 Å². The van der Waals surface area contributed by atoms with Gasteiger partial charge in [-0.3, -0.25) is 0 Å². The molecule has 6 aromatic rings. The molecule has 10 rings (SSSR count). The highest BCUT2D eigenvalue weighted by molar-refractivity contribution is 6.11.